The summed E-state index contributed by atoms with van der Waals surface area (Å²) in [5.41, 5.74) is -12.2. The van der Waals surface area contributed by atoms with Crippen molar-refractivity contribution >= 4 is 39.3 Å². The van der Waals surface area contributed by atoms with Gasteiger partial charge in [-0.05, 0) is 12.1 Å². The third kappa shape index (κ3) is 7.40. The van der Waals surface area contributed by atoms with Crippen LogP contribution in [0.2, 0.25) is 0 Å². The molecule has 1 nitrogen and oxygen atoms in total. The predicted molar refractivity (Wildman–Crippen MR) is 164 cm³/mol. The van der Waals surface area contributed by atoms with E-state index in [0.29, 0.717) is 6.54 Å². The van der Waals surface area contributed by atoms with E-state index >= 15 is 35.1 Å². The SMILES string of the molecule is FC(F)(F)c1ccc(C[n+]2ccsc2)cc1.Fc1c(F)c(F)c([B-](c2c(F)c(F)c(F)c(F)c2F)(c2c(F)c(F)c(F)c(F)c2F)c2c(F)c(F)c(F)c(F)c2F)c(F)c1F. The molecule has 0 fully saturated rings. The van der Waals surface area contributed by atoms with Gasteiger partial charge in [0.05, 0.1) is 10.9 Å². The average Bonchev–Trinajstić information content (AvgIpc) is 3.74. The van der Waals surface area contributed by atoms with Crippen molar-refractivity contribution in [3.05, 3.63) is 169 Å². The van der Waals surface area contributed by atoms with Crippen LogP contribution in [-0.2, 0) is 12.7 Å². The number of benzene rings is 5. The summed E-state index contributed by atoms with van der Waals surface area (Å²) in [5.74, 6) is -71.4. The molecule has 26 heteroatoms. The number of rotatable bonds is 6. The molecule has 0 saturated carbocycles. The maximum Gasteiger partial charge on any atom is 0.416 e. The number of nitrogens with zero attached hydrogens (tertiary/aromatic N) is 1. The van der Waals surface area contributed by atoms with Gasteiger partial charge in [0.25, 0.3) is 0 Å². The van der Waals surface area contributed by atoms with Gasteiger partial charge in [-0.15, -0.1) is 21.9 Å². The fourth-order valence-electron chi connectivity index (χ4n) is 6.24. The van der Waals surface area contributed by atoms with Crippen molar-refractivity contribution in [2.24, 2.45) is 0 Å². The topological polar surface area (TPSA) is 3.88 Å². The zero-order valence-corrected chi connectivity index (χ0v) is 29.2. The Morgan fingerprint density at radius 1 is 0.377 bits per heavy atom. The second kappa shape index (κ2) is 16.6. The summed E-state index contributed by atoms with van der Waals surface area (Å²) in [4.78, 5) is 0. The molecule has 0 aliphatic rings. The molecule has 5 aromatic carbocycles. The van der Waals surface area contributed by atoms with E-state index in [1.807, 2.05) is 21.7 Å². The maximum atomic E-state index is 15.4. The van der Waals surface area contributed by atoms with Gasteiger partial charge in [-0.3, -0.25) is 0 Å². The van der Waals surface area contributed by atoms with Crippen molar-refractivity contribution in [2.75, 3.05) is 0 Å². The smallest absolute Gasteiger partial charge is 0.207 e. The first-order valence-electron chi connectivity index (χ1n) is 15.6. The van der Waals surface area contributed by atoms with E-state index in [4.69, 9.17) is 0 Å². The minimum absolute atomic E-state index is 0.599. The Hall–Kier alpha value is -5.82. The van der Waals surface area contributed by atoms with Gasteiger partial charge in [-0.25, -0.2) is 87.8 Å². The summed E-state index contributed by atoms with van der Waals surface area (Å²) in [6.07, 6.45) is -9.58. The van der Waals surface area contributed by atoms with Crippen molar-refractivity contribution in [3.8, 4) is 0 Å². The second-order valence-corrected chi connectivity index (χ2v) is 12.9. The largest absolute Gasteiger partial charge is 0.416 e. The third-order valence-electron chi connectivity index (χ3n) is 8.88. The zero-order valence-electron chi connectivity index (χ0n) is 28.4. The lowest BCUT2D eigenvalue weighted by atomic mass is 9.12. The van der Waals surface area contributed by atoms with Gasteiger partial charge in [0.2, 0.25) is 5.51 Å². The Bertz CT molecular complexity index is 2320. The molecule has 0 saturated heterocycles. The van der Waals surface area contributed by atoms with Gasteiger partial charge in [0.1, 0.15) is 52.7 Å². The Kier molecular flexibility index (Phi) is 12.6. The molecule has 0 spiro atoms. The van der Waals surface area contributed by atoms with E-state index in [-0.39, 0.29) is 0 Å². The lowest BCUT2D eigenvalue weighted by molar-refractivity contribution is -0.683. The lowest BCUT2D eigenvalue weighted by Crippen LogP contribution is -2.81. The third-order valence-corrected chi connectivity index (χ3v) is 9.55. The summed E-state index contributed by atoms with van der Waals surface area (Å²) in [5, 5.41) is 1.92. The molecule has 0 amide bonds. The second-order valence-electron chi connectivity index (χ2n) is 12.2. The predicted octanol–water partition coefficient (Wildman–Crippen LogP) is 8.95. The van der Waals surface area contributed by atoms with Crippen molar-refractivity contribution in [1.82, 2.24) is 0 Å². The molecular weight excluding hydrogens is 914 g/mol. The summed E-state index contributed by atoms with van der Waals surface area (Å²) in [6.45, 7) is 0.599. The highest BCUT2D eigenvalue weighted by Gasteiger charge is 2.52. The summed E-state index contributed by atoms with van der Waals surface area (Å²) >= 11 is 1.55. The van der Waals surface area contributed by atoms with Gasteiger partial charge in [0.15, 0.2) is 82.5 Å². The Labute approximate surface area is 326 Å². The summed E-state index contributed by atoms with van der Waals surface area (Å²) < 4.78 is 333. The summed E-state index contributed by atoms with van der Waals surface area (Å²) in [7, 11) is 0. The first-order valence-corrected chi connectivity index (χ1v) is 16.5. The van der Waals surface area contributed by atoms with Gasteiger partial charge in [0, 0.05) is 5.56 Å². The Balaban J connectivity index is 0.000000366. The van der Waals surface area contributed by atoms with Gasteiger partial charge < -0.3 is 0 Å². The van der Waals surface area contributed by atoms with Crippen molar-refractivity contribution in [3.63, 3.8) is 0 Å². The van der Waals surface area contributed by atoms with Crippen LogP contribution in [0.4, 0.5) is 101 Å². The van der Waals surface area contributed by atoms with E-state index < -0.39 is 156 Å². The van der Waals surface area contributed by atoms with Crippen LogP contribution in [0.25, 0.3) is 0 Å². The molecule has 0 aliphatic carbocycles. The van der Waals surface area contributed by atoms with Crippen LogP contribution in [0.3, 0.4) is 0 Å². The number of alkyl halides is 3. The molecule has 1 aromatic heterocycles. The van der Waals surface area contributed by atoms with Crippen LogP contribution in [0, 0.1) is 116 Å². The molecular formula is C35H9BF23NS. The molecule has 324 valence electrons. The standard InChI is InChI=1S/C24BF20.C11H9F3NS/c26-5-1(6(27)14(35)21(42)13(5)34)25(2-7(28)15(36)22(43)16(37)8(2)29,3-9(30)17(38)23(44)18(39)10(3)31)4-11(32)19(40)24(45)20(41)12(4)33;12-11(13,14)10-3-1-9(2-4-10)7-15-5-6-16-8-15/h;1-6,8H,7H2/q-1;+1. The van der Waals surface area contributed by atoms with E-state index in [0.717, 1.165) is 17.7 Å². The molecule has 0 unspecified atom stereocenters. The fraction of sp³-hybridized carbons (Fsp3) is 0.0571. The van der Waals surface area contributed by atoms with Crippen molar-refractivity contribution in [1.29, 1.82) is 0 Å². The molecule has 0 N–H and O–H groups in total. The molecule has 0 atom stereocenters. The zero-order chi connectivity index (χ0) is 46.0. The normalized spacial score (nSPS) is 11.9. The van der Waals surface area contributed by atoms with Crippen LogP contribution < -0.4 is 26.4 Å². The van der Waals surface area contributed by atoms with Crippen molar-refractivity contribution < 1.29 is 106 Å². The quantitative estimate of drug-likeness (QED) is 0.0517. The lowest BCUT2D eigenvalue weighted by Gasteiger charge is -2.44. The summed E-state index contributed by atoms with van der Waals surface area (Å²) in [6, 6.07) is 5.24. The van der Waals surface area contributed by atoms with Crippen LogP contribution in [0.15, 0.2) is 41.4 Å². The first-order chi connectivity index (χ1) is 28.3. The maximum absolute atomic E-state index is 15.4. The van der Waals surface area contributed by atoms with Crippen molar-refractivity contribution in [2.45, 2.75) is 12.7 Å². The van der Waals surface area contributed by atoms with E-state index in [2.05, 4.69) is 0 Å². The number of thiazole rings is 1. The van der Waals surface area contributed by atoms with Crippen LogP contribution in [0.5, 0.6) is 0 Å². The van der Waals surface area contributed by atoms with Gasteiger partial charge in [-0.1, -0.05) is 23.5 Å². The Morgan fingerprint density at radius 2 is 0.623 bits per heavy atom. The van der Waals surface area contributed by atoms with Crippen LogP contribution in [0.1, 0.15) is 11.1 Å². The molecule has 6 aromatic rings. The van der Waals surface area contributed by atoms with Gasteiger partial charge in [-0.2, -0.15) is 17.7 Å². The van der Waals surface area contributed by atoms with Crippen LogP contribution >= 0.6 is 11.3 Å². The molecule has 0 aliphatic heterocycles. The van der Waals surface area contributed by atoms with Crippen LogP contribution in [-0.4, -0.2) is 6.15 Å². The number of hydrogen-bond donors (Lipinski definition) is 0. The minimum Gasteiger partial charge on any atom is -0.207 e. The first kappa shape index (κ1) is 46.3. The highest BCUT2D eigenvalue weighted by Crippen LogP contribution is 2.31. The average molecular weight is 923 g/mol. The fourth-order valence-corrected chi connectivity index (χ4v) is 6.83. The molecule has 0 bridgehead atoms. The monoisotopic (exact) mass is 923 g/mol. The van der Waals surface area contributed by atoms with E-state index in [1.54, 1.807) is 11.3 Å². The molecule has 6 rings (SSSR count). The Morgan fingerprint density at radius 3 is 0.836 bits per heavy atom. The number of hydrogen-bond acceptors (Lipinski definition) is 1. The molecule has 1 heterocycles. The molecule has 0 radical (unpaired) electrons. The molecule has 61 heavy (non-hydrogen) atoms. The van der Waals surface area contributed by atoms with E-state index in [1.165, 1.54) is 12.1 Å². The number of halogens is 23. The highest BCUT2D eigenvalue weighted by atomic mass is 32.1. The minimum atomic E-state index is -7.22. The van der Waals surface area contributed by atoms with E-state index in [9.17, 15) is 65.9 Å². The number of aromatic nitrogens is 1. The highest BCUT2D eigenvalue weighted by molar-refractivity contribution is 7.20. The van der Waals surface area contributed by atoms with Gasteiger partial charge >= 0.3 is 6.18 Å².